The van der Waals surface area contributed by atoms with Gasteiger partial charge in [0.2, 0.25) is 0 Å². The van der Waals surface area contributed by atoms with Crippen LogP contribution >= 0.6 is 15.6 Å². The SMILES string of the molecule is O=C(O)CN1C=CNC1.O=P(O)(O)OP(=O)(O)O. The van der Waals surface area contributed by atoms with Gasteiger partial charge < -0.3 is 34.9 Å². The van der Waals surface area contributed by atoms with Gasteiger partial charge in [-0.15, -0.1) is 0 Å². The fourth-order valence-electron chi connectivity index (χ4n) is 0.802. The number of carboxylic acid groups (broad SMARTS) is 1. The average molecular weight is 306 g/mol. The molecular formula is C5H12N2O9P2. The molecule has 0 aromatic rings. The highest BCUT2D eigenvalue weighted by molar-refractivity contribution is 7.60. The van der Waals surface area contributed by atoms with Crippen molar-refractivity contribution in [1.82, 2.24) is 10.2 Å². The maximum atomic E-state index is 10.1. The van der Waals surface area contributed by atoms with E-state index < -0.39 is 21.6 Å². The van der Waals surface area contributed by atoms with Gasteiger partial charge in [0.05, 0.1) is 6.67 Å². The Kier molecular flexibility index (Phi) is 6.50. The molecule has 1 heterocycles. The largest absolute Gasteiger partial charge is 0.480 e. The van der Waals surface area contributed by atoms with Crippen LogP contribution in [-0.4, -0.2) is 48.8 Å². The van der Waals surface area contributed by atoms with Crippen LogP contribution in [0.4, 0.5) is 0 Å². The van der Waals surface area contributed by atoms with Gasteiger partial charge in [-0.05, 0) is 0 Å². The Morgan fingerprint density at radius 1 is 1.28 bits per heavy atom. The third-order valence-electron chi connectivity index (χ3n) is 1.25. The highest BCUT2D eigenvalue weighted by Crippen LogP contribution is 2.53. The molecule has 106 valence electrons. The van der Waals surface area contributed by atoms with E-state index in [1.807, 2.05) is 0 Å². The van der Waals surface area contributed by atoms with Crippen molar-refractivity contribution in [3.8, 4) is 0 Å². The summed E-state index contributed by atoms with van der Waals surface area (Å²) in [6, 6.07) is 0. The van der Waals surface area contributed by atoms with Crippen molar-refractivity contribution in [3.05, 3.63) is 12.4 Å². The lowest BCUT2D eigenvalue weighted by molar-refractivity contribution is -0.137. The summed E-state index contributed by atoms with van der Waals surface area (Å²) in [5.74, 6) is -0.802. The summed E-state index contributed by atoms with van der Waals surface area (Å²) in [6.07, 6.45) is 3.44. The van der Waals surface area contributed by atoms with Gasteiger partial charge in [0.15, 0.2) is 0 Å². The molecule has 0 atom stereocenters. The van der Waals surface area contributed by atoms with Gasteiger partial charge in [0, 0.05) is 12.4 Å². The van der Waals surface area contributed by atoms with Crippen LogP contribution < -0.4 is 5.32 Å². The summed E-state index contributed by atoms with van der Waals surface area (Å²) in [6.45, 7) is 0.676. The van der Waals surface area contributed by atoms with Crippen molar-refractivity contribution in [3.63, 3.8) is 0 Å². The lowest BCUT2D eigenvalue weighted by atomic mass is 10.6. The van der Waals surface area contributed by atoms with Crippen molar-refractivity contribution in [1.29, 1.82) is 0 Å². The van der Waals surface area contributed by atoms with Gasteiger partial charge in [-0.1, -0.05) is 0 Å². The number of nitrogens with zero attached hydrogens (tertiary/aromatic N) is 1. The molecule has 0 amide bonds. The van der Waals surface area contributed by atoms with E-state index >= 15 is 0 Å². The molecule has 0 unspecified atom stereocenters. The molecule has 0 aromatic carbocycles. The minimum Gasteiger partial charge on any atom is -0.480 e. The highest BCUT2D eigenvalue weighted by Gasteiger charge is 2.27. The summed E-state index contributed by atoms with van der Waals surface area (Å²) < 4.78 is 22.2. The maximum Gasteiger partial charge on any atom is 0.478 e. The van der Waals surface area contributed by atoms with E-state index in [4.69, 9.17) is 24.7 Å². The molecule has 0 aliphatic carbocycles. The normalized spacial score (nSPS) is 14.8. The van der Waals surface area contributed by atoms with Gasteiger partial charge >= 0.3 is 21.6 Å². The van der Waals surface area contributed by atoms with Gasteiger partial charge in [-0.2, -0.15) is 4.31 Å². The smallest absolute Gasteiger partial charge is 0.478 e. The van der Waals surface area contributed by atoms with E-state index in [0.717, 1.165) is 0 Å². The van der Waals surface area contributed by atoms with Crippen molar-refractivity contribution < 1.29 is 42.9 Å². The number of carboxylic acids is 1. The summed E-state index contributed by atoms with van der Waals surface area (Å²) in [5, 5.41) is 11.1. The molecule has 0 aromatic heterocycles. The van der Waals surface area contributed by atoms with Crippen LogP contribution in [0.25, 0.3) is 0 Å². The molecule has 0 saturated carbocycles. The Morgan fingerprint density at radius 3 is 2.00 bits per heavy atom. The van der Waals surface area contributed by atoms with Gasteiger partial charge in [-0.25, -0.2) is 9.13 Å². The van der Waals surface area contributed by atoms with Crippen molar-refractivity contribution in [2.45, 2.75) is 0 Å². The molecule has 1 aliphatic rings. The van der Waals surface area contributed by atoms with Gasteiger partial charge in [0.1, 0.15) is 6.54 Å². The van der Waals surface area contributed by atoms with E-state index in [1.54, 1.807) is 17.3 Å². The first-order valence-electron chi connectivity index (χ1n) is 4.18. The summed E-state index contributed by atoms with van der Waals surface area (Å²) >= 11 is 0. The van der Waals surface area contributed by atoms with Crippen molar-refractivity contribution in [2.24, 2.45) is 0 Å². The number of phosphoric acid groups is 2. The maximum absolute atomic E-state index is 10.1. The average Bonchev–Trinajstić information content (AvgIpc) is 2.48. The summed E-state index contributed by atoms with van der Waals surface area (Å²) in [5.41, 5.74) is 0. The quantitative estimate of drug-likeness (QED) is 0.336. The molecule has 18 heavy (non-hydrogen) atoms. The Balaban J connectivity index is 0.000000321. The highest BCUT2D eigenvalue weighted by atomic mass is 31.3. The lowest BCUT2D eigenvalue weighted by Gasteiger charge is -2.09. The predicted octanol–water partition coefficient (Wildman–Crippen LogP) is -1.41. The number of aliphatic carboxylic acids is 1. The van der Waals surface area contributed by atoms with E-state index in [1.165, 1.54) is 0 Å². The molecule has 1 aliphatic heterocycles. The Labute approximate surface area is 101 Å². The van der Waals surface area contributed by atoms with Gasteiger partial charge in [0.25, 0.3) is 0 Å². The number of carbonyl (C=O) groups is 1. The molecule has 0 fully saturated rings. The number of hydrogen-bond donors (Lipinski definition) is 6. The molecular weight excluding hydrogens is 294 g/mol. The first-order chi connectivity index (χ1) is 7.99. The zero-order valence-electron chi connectivity index (χ0n) is 8.78. The molecule has 0 radical (unpaired) electrons. The van der Waals surface area contributed by atoms with Crippen LogP contribution in [-0.2, 0) is 18.2 Å². The Hall–Kier alpha value is -0.930. The second-order valence-corrected chi connectivity index (χ2v) is 5.50. The standard InChI is InChI=1S/C5H8N2O2.H4O7P2/c8-5(9)3-7-2-1-6-4-7;1-8(2,3)7-9(4,5)6/h1-2,6H,3-4H2,(H,8,9);(H2,1,2,3)(H2,4,5,6). The zero-order valence-corrected chi connectivity index (χ0v) is 10.6. The van der Waals surface area contributed by atoms with Crippen LogP contribution in [0.15, 0.2) is 12.4 Å². The molecule has 0 saturated heterocycles. The van der Waals surface area contributed by atoms with E-state index in [9.17, 15) is 13.9 Å². The Bertz CT molecular complexity index is 378. The zero-order chi connectivity index (χ0) is 14.4. The summed E-state index contributed by atoms with van der Waals surface area (Å²) in [4.78, 5) is 42.7. The number of nitrogens with one attached hydrogen (secondary N) is 1. The third kappa shape index (κ3) is 11.6. The predicted molar refractivity (Wildman–Crippen MR) is 56.7 cm³/mol. The van der Waals surface area contributed by atoms with Crippen LogP contribution in [0.5, 0.6) is 0 Å². The van der Waals surface area contributed by atoms with Crippen molar-refractivity contribution >= 4 is 21.6 Å². The minimum absolute atomic E-state index is 0.0729. The topological polar surface area (TPSA) is 177 Å². The third-order valence-corrected chi connectivity index (χ3v) is 2.95. The van der Waals surface area contributed by atoms with Crippen LogP contribution in [0.1, 0.15) is 0 Å². The molecule has 1 rings (SSSR count). The van der Waals surface area contributed by atoms with Crippen LogP contribution in [0.2, 0.25) is 0 Å². The fourth-order valence-corrected chi connectivity index (χ4v) is 1.91. The van der Waals surface area contributed by atoms with Crippen LogP contribution in [0.3, 0.4) is 0 Å². The second-order valence-electron chi connectivity index (χ2n) is 2.88. The second kappa shape index (κ2) is 6.86. The van der Waals surface area contributed by atoms with Gasteiger partial charge in [-0.3, -0.25) is 4.79 Å². The minimum atomic E-state index is -5.05. The number of hydrogen-bond acceptors (Lipinski definition) is 6. The van der Waals surface area contributed by atoms with Crippen molar-refractivity contribution in [2.75, 3.05) is 13.2 Å². The first-order valence-corrected chi connectivity index (χ1v) is 7.24. The van der Waals surface area contributed by atoms with Crippen LogP contribution in [0, 0.1) is 0 Å². The fraction of sp³-hybridized carbons (Fsp3) is 0.400. The Morgan fingerprint density at radius 2 is 1.78 bits per heavy atom. The molecule has 6 N–H and O–H groups in total. The first kappa shape index (κ1) is 17.1. The molecule has 0 bridgehead atoms. The summed E-state index contributed by atoms with van der Waals surface area (Å²) in [7, 11) is -10.1. The monoisotopic (exact) mass is 306 g/mol. The van der Waals surface area contributed by atoms with E-state index in [2.05, 4.69) is 9.63 Å². The number of rotatable bonds is 4. The molecule has 0 spiro atoms. The molecule has 11 nitrogen and oxygen atoms in total. The lowest BCUT2D eigenvalue weighted by Crippen LogP contribution is -2.26. The van der Waals surface area contributed by atoms with E-state index in [-0.39, 0.29) is 6.54 Å². The molecule has 13 heteroatoms. The van der Waals surface area contributed by atoms with E-state index in [0.29, 0.717) is 6.67 Å².